The molecule has 60 heavy (non-hydrogen) atoms. The number of hydrogen-bond donors (Lipinski definition) is 9. The van der Waals surface area contributed by atoms with Crippen LogP contribution >= 0.6 is 46.2 Å². The van der Waals surface area contributed by atoms with E-state index in [0.717, 1.165) is 51.1 Å². The number of β-lactam (4-membered cyclic amide) rings is 1. The van der Waals surface area contributed by atoms with E-state index in [1.165, 1.54) is 22.9 Å². The SMILES string of the molecule is C=CC1=C(C(=O)O)N[C@@H]([C@H](NC(=O)/C(=N\OCC(=O)O)c2csc(N)n2)C(=O)Nc2nc(/C(=N/OCC(=O)O)C(=O)N[C@@H]3C(=O)N4C(C(=O)O)=C(C=C)CS[C@H]34)cs2)SC1. The van der Waals surface area contributed by atoms with Crippen molar-refractivity contribution in [3.8, 4) is 0 Å². The number of rotatable bonds is 19. The Morgan fingerprint density at radius 1 is 0.900 bits per heavy atom. The maximum Gasteiger partial charge on any atom is 0.352 e. The standard InChI is InChI=1S/C32H30N10O14S4/c1-3-11-7-57-26(38-17(11)29(51)52)20(36-23(47)18(40-55-5-15(43)44)13-9-59-31(33)34-13)25(49)39-32-35-14(10-60-32)19(41-56-6-16(45)46)24(48)37-21-27(50)42-22(30(53)54)12(4-2)8-58-28(21)42/h3-4,9-10,20-21,26,28,38H,1-2,5-8H2,(H2,33,34)(H,36,47)(H,37,48)(H,43,44)(H,45,46)(H,51,52)(H,53,54)(H,35,39,49)/b40-18-,41-19-/t20-,21-,26-,28-/m1/s1. The van der Waals surface area contributed by atoms with Crippen LogP contribution in [0.5, 0.6) is 0 Å². The van der Waals surface area contributed by atoms with Crippen LogP contribution in [-0.4, -0.2) is 142 Å². The molecule has 28 heteroatoms. The second kappa shape index (κ2) is 19.3. The van der Waals surface area contributed by atoms with Gasteiger partial charge in [-0.05, 0) is 11.1 Å². The molecule has 1 saturated heterocycles. The Balaban J connectivity index is 1.41. The number of hydrogen-bond acceptors (Lipinski definition) is 20. The van der Waals surface area contributed by atoms with Crippen LogP contribution in [0, 0.1) is 0 Å². The lowest BCUT2D eigenvalue weighted by molar-refractivity contribution is -0.150. The maximum atomic E-state index is 14.0. The van der Waals surface area contributed by atoms with Gasteiger partial charge < -0.3 is 57.1 Å². The number of aromatic nitrogens is 2. The summed E-state index contributed by atoms with van der Waals surface area (Å²) in [5.74, 6) is -9.47. The average Bonchev–Trinajstić information content (AvgIpc) is 3.86. The molecule has 0 unspecified atom stereocenters. The molecule has 4 amide bonds. The van der Waals surface area contributed by atoms with E-state index in [4.69, 9.17) is 25.6 Å². The quantitative estimate of drug-likeness (QED) is 0.0465. The van der Waals surface area contributed by atoms with Crippen molar-refractivity contribution in [2.45, 2.75) is 22.8 Å². The molecule has 316 valence electrons. The summed E-state index contributed by atoms with van der Waals surface area (Å²) < 4.78 is 0. The van der Waals surface area contributed by atoms with Gasteiger partial charge in [-0.1, -0.05) is 35.6 Å². The van der Waals surface area contributed by atoms with Crippen LogP contribution in [0.3, 0.4) is 0 Å². The Bertz CT molecular complexity index is 2300. The number of thiazole rings is 2. The van der Waals surface area contributed by atoms with Crippen LogP contribution in [0.15, 0.2) is 68.9 Å². The van der Waals surface area contributed by atoms with Crippen molar-refractivity contribution in [2.75, 3.05) is 35.8 Å². The summed E-state index contributed by atoms with van der Waals surface area (Å²) in [4.78, 5) is 119. The zero-order valence-electron chi connectivity index (χ0n) is 30.2. The van der Waals surface area contributed by atoms with E-state index in [9.17, 15) is 48.6 Å². The van der Waals surface area contributed by atoms with Crippen LogP contribution < -0.4 is 27.0 Å². The molecule has 0 aliphatic carbocycles. The lowest BCUT2D eigenvalue weighted by atomic mass is 10.0. The smallest absolute Gasteiger partial charge is 0.352 e. The van der Waals surface area contributed by atoms with Crippen molar-refractivity contribution < 1.29 is 68.5 Å². The largest absolute Gasteiger partial charge is 0.479 e. The summed E-state index contributed by atoms with van der Waals surface area (Å²) in [6, 6.07) is -2.91. The molecule has 0 radical (unpaired) electrons. The van der Waals surface area contributed by atoms with Crippen molar-refractivity contribution in [1.82, 2.24) is 30.8 Å². The summed E-state index contributed by atoms with van der Waals surface area (Å²) in [7, 11) is 0. The Labute approximate surface area is 352 Å². The molecule has 3 aliphatic heterocycles. The normalized spacial score (nSPS) is 19.4. The van der Waals surface area contributed by atoms with Crippen molar-refractivity contribution in [3.63, 3.8) is 0 Å². The molecular formula is C32H30N10O14S4. The molecule has 1 fully saturated rings. The van der Waals surface area contributed by atoms with Crippen LogP contribution in [0.2, 0.25) is 0 Å². The number of carbonyl (C=O) groups is 8. The number of carboxylic acids is 4. The van der Waals surface area contributed by atoms with Gasteiger partial charge in [0.1, 0.15) is 45.6 Å². The number of oxime groups is 2. The number of amides is 4. The first-order valence-corrected chi connectivity index (χ1v) is 20.3. The molecule has 0 saturated carbocycles. The Morgan fingerprint density at radius 2 is 1.50 bits per heavy atom. The van der Waals surface area contributed by atoms with E-state index in [1.54, 1.807) is 0 Å². The molecule has 0 aromatic carbocycles. The molecule has 0 bridgehead atoms. The zero-order chi connectivity index (χ0) is 43.8. The predicted molar refractivity (Wildman–Crippen MR) is 214 cm³/mol. The summed E-state index contributed by atoms with van der Waals surface area (Å²) in [5, 5.41) is 55.1. The van der Waals surface area contributed by atoms with Crippen LogP contribution in [0.4, 0.5) is 10.3 Å². The molecule has 4 atom stereocenters. The van der Waals surface area contributed by atoms with Crippen LogP contribution in [0.1, 0.15) is 11.4 Å². The molecule has 0 spiro atoms. The summed E-state index contributed by atoms with van der Waals surface area (Å²) >= 11 is 3.79. The van der Waals surface area contributed by atoms with Crippen LogP contribution in [-0.2, 0) is 48.0 Å². The molecule has 2 aromatic heterocycles. The molecule has 3 aliphatic rings. The highest BCUT2D eigenvalue weighted by molar-refractivity contribution is 8.00. The van der Waals surface area contributed by atoms with Gasteiger partial charge in [0.15, 0.2) is 21.7 Å². The summed E-state index contributed by atoms with van der Waals surface area (Å²) in [6.45, 7) is 5.23. The van der Waals surface area contributed by atoms with E-state index in [1.807, 2.05) is 0 Å². The topological polar surface area (TPSA) is 364 Å². The number of anilines is 2. The number of nitrogens with one attached hydrogen (secondary N) is 4. The van der Waals surface area contributed by atoms with E-state index in [0.29, 0.717) is 5.57 Å². The number of fused-ring (bicyclic) bond motifs is 1. The Kier molecular flexibility index (Phi) is 14.3. The van der Waals surface area contributed by atoms with Crippen LogP contribution in [0.25, 0.3) is 0 Å². The van der Waals surface area contributed by atoms with Gasteiger partial charge in [0.2, 0.25) is 13.2 Å². The summed E-state index contributed by atoms with van der Waals surface area (Å²) in [5.41, 5.74) is 3.98. The number of carbonyl (C=O) groups excluding carboxylic acids is 4. The molecule has 24 nitrogen and oxygen atoms in total. The third kappa shape index (κ3) is 10.1. The predicted octanol–water partition coefficient (Wildman–Crippen LogP) is -0.972. The minimum atomic E-state index is -1.67. The second-order valence-electron chi connectivity index (χ2n) is 11.8. The number of nitrogens with zero attached hydrogens (tertiary/aromatic N) is 5. The first-order chi connectivity index (χ1) is 28.5. The molecule has 5 heterocycles. The van der Waals surface area contributed by atoms with Gasteiger partial charge >= 0.3 is 23.9 Å². The number of nitrogen functional groups attached to an aromatic ring is 1. The fourth-order valence-corrected chi connectivity index (χ4v) is 9.09. The third-order valence-electron chi connectivity index (χ3n) is 7.95. The van der Waals surface area contributed by atoms with E-state index in [2.05, 4.69) is 54.7 Å². The highest BCUT2D eigenvalue weighted by atomic mass is 32.2. The molecule has 5 rings (SSSR count). The number of nitrogens with two attached hydrogens (primary N) is 1. The molecule has 10 N–H and O–H groups in total. The number of carboxylic acid groups (broad SMARTS) is 4. The highest BCUT2D eigenvalue weighted by Gasteiger charge is 2.54. The summed E-state index contributed by atoms with van der Waals surface area (Å²) in [6.07, 6.45) is 2.61. The van der Waals surface area contributed by atoms with Crippen molar-refractivity contribution in [1.29, 1.82) is 0 Å². The molecular weight excluding hydrogens is 877 g/mol. The Morgan fingerprint density at radius 3 is 2.07 bits per heavy atom. The van der Waals surface area contributed by atoms with Gasteiger partial charge in [-0.25, -0.2) is 29.1 Å². The van der Waals surface area contributed by atoms with Gasteiger partial charge in [0, 0.05) is 22.3 Å². The first-order valence-electron chi connectivity index (χ1n) is 16.5. The second-order valence-corrected chi connectivity index (χ2v) is 15.8. The fourth-order valence-electron chi connectivity index (χ4n) is 5.30. The van der Waals surface area contributed by atoms with Gasteiger partial charge in [-0.15, -0.1) is 46.2 Å². The van der Waals surface area contributed by atoms with Gasteiger partial charge in [0.25, 0.3) is 23.6 Å². The minimum absolute atomic E-state index is 0.000895. The Hall–Kier alpha value is -6.78. The number of thioether (sulfide) groups is 2. The van der Waals surface area contributed by atoms with E-state index in [-0.39, 0.29) is 50.1 Å². The van der Waals surface area contributed by atoms with Crippen molar-refractivity contribution in [3.05, 3.63) is 70.0 Å². The lowest BCUT2D eigenvalue weighted by Gasteiger charge is -2.49. The van der Waals surface area contributed by atoms with E-state index < -0.39 is 95.0 Å². The third-order valence-corrected chi connectivity index (χ3v) is 11.9. The van der Waals surface area contributed by atoms with Gasteiger partial charge in [-0.2, -0.15) is 0 Å². The maximum absolute atomic E-state index is 14.0. The average molecular weight is 907 g/mol. The van der Waals surface area contributed by atoms with Crippen molar-refractivity contribution in [2.24, 2.45) is 10.3 Å². The van der Waals surface area contributed by atoms with Crippen molar-refractivity contribution >= 4 is 115 Å². The van der Waals surface area contributed by atoms with E-state index >= 15 is 0 Å². The monoisotopic (exact) mass is 906 g/mol. The molecule has 2 aromatic rings. The zero-order valence-corrected chi connectivity index (χ0v) is 33.4. The fraction of sp³-hybridized carbons (Fsp3) is 0.250. The highest BCUT2D eigenvalue weighted by Crippen LogP contribution is 2.40. The minimum Gasteiger partial charge on any atom is -0.479 e. The number of aliphatic carboxylic acids is 4. The van der Waals surface area contributed by atoms with Gasteiger partial charge in [-0.3, -0.25) is 24.1 Å². The number of allylic oxidation sites excluding steroid dienone is 2. The lowest BCUT2D eigenvalue weighted by Crippen LogP contribution is -2.71. The first kappa shape index (κ1) is 44.3. The van der Waals surface area contributed by atoms with Gasteiger partial charge in [0.05, 0.1) is 0 Å².